The fourth-order valence-electron chi connectivity index (χ4n) is 2.92. The van der Waals surface area contributed by atoms with Crippen molar-refractivity contribution in [3.05, 3.63) is 0 Å². The predicted molar refractivity (Wildman–Crippen MR) is 77.4 cm³/mol. The van der Waals surface area contributed by atoms with E-state index in [0.29, 0.717) is 12.8 Å². The molecule has 1 aliphatic rings. The summed E-state index contributed by atoms with van der Waals surface area (Å²) < 4.78 is 33.6. The molecule has 122 valence electrons. The average molecular weight is 320 g/mol. The van der Waals surface area contributed by atoms with Gasteiger partial charge in [-0.2, -0.15) is 0 Å². The molecular weight excluding hydrogens is 296 g/mol. The maximum atomic E-state index is 12.5. The lowest BCUT2D eigenvalue weighted by molar-refractivity contribution is -0.177. The van der Waals surface area contributed by atoms with Crippen molar-refractivity contribution in [3.63, 3.8) is 0 Å². The first-order valence-corrected chi connectivity index (χ1v) is 9.21. The summed E-state index contributed by atoms with van der Waals surface area (Å²) in [7, 11) is -3.21. The third-order valence-electron chi connectivity index (χ3n) is 3.85. The molecule has 0 saturated carbocycles. The largest absolute Gasteiger partial charge is 0.465 e. The van der Waals surface area contributed by atoms with E-state index in [2.05, 4.69) is 0 Å². The van der Waals surface area contributed by atoms with Crippen LogP contribution in [0.2, 0.25) is 0 Å². The number of hydrogen-bond acceptors (Lipinski definition) is 6. The number of sulfone groups is 1. The molecule has 0 bridgehead atoms. The van der Waals surface area contributed by atoms with Crippen LogP contribution in [0.3, 0.4) is 0 Å². The predicted octanol–water partition coefficient (Wildman–Crippen LogP) is 1.33. The molecule has 1 fully saturated rings. The van der Waals surface area contributed by atoms with Crippen molar-refractivity contribution in [2.45, 2.75) is 40.0 Å². The van der Waals surface area contributed by atoms with Crippen molar-refractivity contribution in [2.24, 2.45) is 11.3 Å². The Balaban J connectivity index is 3.23. The monoisotopic (exact) mass is 320 g/mol. The normalized spacial score (nSPS) is 21.0. The van der Waals surface area contributed by atoms with Gasteiger partial charge in [-0.15, -0.1) is 0 Å². The van der Waals surface area contributed by atoms with Crippen LogP contribution in [-0.2, 0) is 28.9 Å². The zero-order valence-corrected chi connectivity index (χ0v) is 13.7. The molecule has 1 unspecified atom stereocenters. The summed E-state index contributed by atoms with van der Waals surface area (Å²) in [4.78, 5) is 24.9. The molecule has 0 N–H and O–H groups in total. The third-order valence-corrected chi connectivity index (χ3v) is 5.62. The van der Waals surface area contributed by atoms with Crippen molar-refractivity contribution in [1.82, 2.24) is 0 Å². The van der Waals surface area contributed by atoms with Gasteiger partial charge in [-0.1, -0.05) is 13.3 Å². The van der Waals surface area contributed by atoms with Gasteiger partial charge in [0, 0.05) is 5.92 Å². The minimum Gasteiger partial charge on any atom is -0.465 e. The molecule has 0 aromatic heterocycles. The minimum absolute atomic E-state index is 0.00193. The van der Waals surface area contributed by atoms with Crippen LogP contribution in [0.1, 0.15) is 40.0 Å². The Bertz CT molecular complexity index is 464. The lowest BCUT2D eigenvalue weighted by atomic mass is 9.71. The van der Waals surface area contributed by atoms with E-state index in [-0.39, 0.29) is 31.1 Å². The molecular formula is C14H24O6S. The zero-order chi connectivity index (χ0) is 16.1. The fourth-order valence-corrected chi connectivity index (χ4v) is 4.80. The van der Waals surface area contributed by atoms with Gasteiger partial charge in [-0.05, 0) is 26.7 Å². The second kappa shape index (κ2) is 7.24. The average Bonchev–Trinajstić information content (AvgIpc) is 2.77. The molecule has 1 heterocycles. The molecule has 1 rings (SSSR count). The Morgan fingerprint density at radius 1 is 1.10 bits per heavy atom. The molecule has 0 aliphatic carbocycles. The summed E-state index contributed by atoms with van der Waals surface area (Å²) >= 11 is 0. The first-order chi connectivity index (χ1) is 9.84. The Morgan fingerprint density at radius 3 is 1.95 bits per heavy atom. The third kappa shape index (κ3) is 3.75. The molecule has 0 aromatic rings. The van der Waals surface area contributed by atoms with Gasteiger partial charge in [-0.3, -0.25) is 9.59 Å². The van der Waals surface area contributed by atoms with Gasteiger partial charge in [0.15, 0.2) is 15.3 Å². The lowest BCUT2D eigenvalue weighted by Crippen LogP contribution is -2.48. The van der Waals surface area contributed by atoms with E-state index in [1.165, 1.54) is 0 Å². The van der Waals surface area contributed by atoms with Crippen molar-refractivity contribution >= 4 is 21.8 Å². The van der Waals surface area contributed by atoms with Crippen LogP contribution >= 0.6 is 0 Å². The molecule has 1 aliphatic heterocycles. The first kappa shape index (κ1) is 17.9. The molecule has 7 heteroatoms. The molecule has 0 spiro atoms. The molecule has 1 atom stereocenters. The van der Waals surface area contributed by atoms with Gasteiger partial charge < -0.3 is 9.47 Å². The van der Waals surface area contributed by atoms with E-state index >= 15 is 0 Å². The smallest absolute Gasteiger partial charge is 0.323 e. The second-order valence-electron chi connectivity index (χ2n) is 5.26. The summed E-state index contributed by atoms with van der Waals surface area (Å²) in [6.45, 7) is 5.44. The lowest BCUT2D eigenvalue weighted by Gasteiger charge is -2.33. The van der Waals surface area contributed by atoms with Crippen LogP contribution in [0.5, 0.6) is 0 Å². The maximum Gasteiger partial charge on any atom is 0.323 e. The van der Waals surface area contributed by atoms with Crippen LogP contribution in [0.25, 0.3) is 0 Å². The highest BCUT2D eigenvalue weighted by atomic mass is 32.2. The molecule has 6 nitrogen and oxygen atoms in total. The van der Waals surface area contributed by atoms with Crippen LogP contribution in [0, 0.1) is 11.3 Å². The van der Waals surface area contributed by atoms with E-state index < -0.39 is 33.1 Å². The van der Waals surface area contributed by atoms with Gasteiger partial charge in [0.05, 0.1) is 24.7 Å². The van der Waals surface area contributed by atoms with Gasteiger partial charge in [0.1, 0.15) is 0 Å². The van der Waals surface area contributed by atoms with Gasteiger partial charge in [-0.25, -0.2) is 8.42 Å². The van der Waals surface area contributed by atoms with Crippen LogP contribution in [0.4, 0.5) is 0 Å². The maximum absolute atomic E-state index is 12.5. The van der Waals surface area contributed by atoms with Crippen molar-refractivity contribution in [1.29, 1.82) is 0 Å². The Kier molecular flexibility index (Phi) is 6.19. The summed E-state index contributed by atoms with van der Waals surface area (Å²) in [5.74, 6) is -2.05. The number of hydrogen-bond donors (Lipinski definition) is 0. The summed E-state index contributed by atoms with van der Waals surface area (Å²) in [6, 6.07) is 0. The molecule has 21 heavy (non-hydrogen) atoms. The van der Waals surface area contributed by atoms with Gasteiger partial charge >= 0.3 is 11.9 Å². The van der Waals surface area contributed by atoms with E-state index in [4.69, 9.17) is 9.47 Å². The molecule has 0 radical (unpaired) electrons. The van der Waals surface area contributed by atoms with E-state index in [0.717, 1.165) is 0 Å². The van der Waals surface area contributed by atoms with E-state index in [1.807, 2.05) is 6.92 Å². The molecule has 1 saturated heterocycles. The summed E-state index contributed by atoms with van der Waals surface area (Å²) in [6.07, 6.45) is 1.10. The fraction of sp³-hybridized carbons (Fsp3) is 0.857. The summed E-state index contributed by atoms with van der Waals surface area (Å²) in [5, 5.41) is 0. The number of esters is 2. The number of carbonyl (C=O) groups is 2. The van der Waals surface area contributed by atoms with Crippen molar-refractivity contribution in [3.8, 4) is 0 Å². The first-order valence-electron chi connectivity index (χ1n) is 7.38. The van der Waals surface area contributed by atoms with E-state index in [1.54, 1.807) is 13.8 Å². The Hall–Kier alpha value is -1.11. The van der Waals surface area contributed by atoms with Crippen LogP contribution < -0.4 is 0 Å². The van der Waals surface area contributed by atoms with Crippen molar-refractivity contribution in [2.75, 3.05) is 24.7 Å². The van der Waals surface area contributed by atoms with Gasteiger partial charge in [0.2, 0.25) is 0 Å². The topological polar surface area (TPSA) is 86.7 Å². The standard InChI is InChI=1S/C14H24O6S/c1-4-8-14(12(15)19-5-2,13(16)20-6-3)11-7-9-21(17,18)10-11/h11H,4-10H2,1-3H3. The van der Waals surface area contributed by atoms with Gasteiger partial charge in [0.25, 0.3) is 0 Å². The van der Waals surface area contributed by atoms with E-state index in [9.17, 15) is 18.0 Å². The highest BCUT2D eigenvalue weighted by Crippen LogP contribution is 2.42. The SMILES string of the molecule is CCCC(C(=O)OCC)(C(=O)OCC)C1CCS(=O)(=O)C1. The van der Waals surface area contributed by atoms with Crippen LogP contribution in [0.15, 0.2) is 0 Å². The second-order valence-corrected chi connectivity index (χ2v) is 7.49. The van der Waals surface area contributed by atoms with Crippen LogP contribution in [-0.4, -0.2) is 45.1 Å². The Morgan fingerprint density at radius 2 is 1.62 bits per heavy atom. The molecule has 0 aromatic carbocycles. The van der Waals surface area contributed by atoms with Crippen molar-refractivity contribution < 1.29 is 27.5 Å². The number of rotatable bonds is 7. The molecule has 0 amide bonds. The highest BCUT2D eigenvalue weighted by Gasteiger charge is 2.56. The Labute approximate surface area is 126 Å². The minimum atomic E-state index is -3.21. The number of ether oxygens (including phenoxy) is 2. The highest BCUT2D eigenvalue weighted by molar-refractivity contribution is 7.91. The number of carbonyl (C=O) groups excluding carboxylic acids is 2. The zero-order valence-electron chi connectivity index (χ0n) is 12.9. The summed E-state index contributed by atoms with van der Waals surface area (Å²) in [5.41, 5.74) is -1.50. The quantitative estimate of drug-likeness (QED) is 0.519.